The third-order valence-electron chi connectivity index (χ3n) is 11.8. The summed E-state index contributed by atoms with van der Waals surface area (Å²) in [6.45, 7) is 9.69. The Morgan fingerprint density at radius 3 is 2.42 bits per heavy atom. The number of ketones is 1. The Morgan fingerprint density at radius 1 is 0.970 bits per heavy atom. The molecule has 3 N–H and O–H groups in total. The van der Waals surface area contributed by atoms with Gasteiger partial charge in [-0.05, 0) is 66.6 Å². The van der Waals surface area contributed by atoms with Crippen molar-refractivity contribution in [3.63, 3.8) is 0 Å². The zero-order chi connectivity index (χ0) is 23.5. The highest BCUT2D eigenvalue weighted by Crippen LogP contribution is 2.71. The molecule has 4 aliphatic carbocycles. The van der Waals surface area contributed by atoms with Gasteiger partial charge >= 0.3 is 0 Å². The van der Waals surface area contributed by atoms with Crippen molar-refractivity contribution >= 4 is 5.78 Å². The Kier molecular flexibility index (Phi) is 5.03. The van der Waals surface area contributed by atoms with Crippen molar-refractivity contribution in [3.8, 4) is 0 Å². The highest BCUT2D eigenvalue weighted by atomic mass is 16.7. The number of Topliss-reactive ketones (excluding diaryl/α,β-unsaturated/α-hetero) is 1. The van der Waals surface area contributed by atoms with Crippen LogP contribution in [0.15, 0.2) is 0 Å². The number of carbonyl (C=O) groups excluding carboxylic acids is 1. The highest BCUT2D eigenvalue weighted by molar-refractivity contribution is 5.83. The standard InChI is InChI=1S/C27H42O6/c1-13-5-8-27(32-12-13)14(2)21-24(33-27)23(31)22-15-9-18(28)17-10-19(29)20(30)11-26(17,4)16(15)6-7-25(21,22)3/h13-17,19-24,29-31H,5-12H2,1-4H3/t13-,14+,15-,16+,17?,19-,20-,21+,22-,23-,24-,25-,26-,27-/m1/s1. The maximum Gasteiger partial charge on any atom is 0.171 e. The lowest BCUT2D eigenvalue weighted by Crippen LogP contribution is -2.61. The number of aliphatic hydroxyl groups excluding tert-OH is 3. The third-order valence-corrected chi connectivity index (χ3v) is 11.8. The summed E-state index contributed by atoms with van der Waals surface area (Å²) in [7, 11) is 0. The number of hydrogen-bond acceptors (Lipinski definition) is 6. The van der Waals surface area contributed by atoms with E-state index in [0.717, 1.165) is 25.7 Å². The molecule has 1 unspecified atom stereocenters. The fraction of sp³-hybridized carbons (Fsp3) is 0.963. The molecule has 0 aromatic heterocycles. The fourth-order valence-electron chi connectivity index (χ4n) is 10.1. The van der Waals surface area contributed by atoms with Crippen LogP contribution in [0.1, 0.15) is 72.6 Å². The molecule has 33 heavy (non-hydrogen) atoms. The van der Waals surface area contributed by atoms with Crippen LogP contribution in [-0.2, 0) is 14.3 Å². The predicted molar refractivity (Wildman–Crippen MR) is 121 cm³/mol. The van der Waals surface area contributed by atoms with Crippen LogP contribution in [0.25, 0.3) is 0 Å². The number of carbonyl (C=O) groups is 1. The lowest BCUT2D eigenvalue weighted by molar-refractivity contribution is -0.282. The number of aliphatic hydroxyl groups is 3. The first-order valence-corrected chi connectivity index (χ1v) is 13.4. The molecule has 186 valence electrons. The summed E-state index contributed by atoms with van der Waals surface area (Å²) in [6.07, 6.45) is 2.91. The zero-order valence-electron chi connectivity index (χ0n) is 20.6. The first-order chi connectivity index (χ1) is 15.5. The van der Waals surface area contributed by atoms with Crippen LogP contribution in [0.4, 0.5) is 0 Å². The van der Waals surface area contributed by atoms with E-state index >= 15 is 0 Å². The van der Waals surface area contributed by atoms with E-state index in [0.29, 0.717) is 31.8 Å². The van der Waals surface area contributed by atoms with Gasteiger partial charge < -0.3 is 24.8 Å². The summed E-state index contributed by atoms with van der Waals surface area (Å²) in [5.41, 5.74) is -0.398. The quantitative estimate of drug-likeness (QED) is 0.512. The molecule has 6 heteroatoms. The lowest BCUT2D eigenvalue weighted by Gasteiger charge is -2.61. The van der Waals surface area contributed by atoms with Crippen molar-refractivity contribution in [2.45, 2.75) is 103 Å². The van der Waals surface area contributed by atoms with Gasteiger partial charge in [-0.15, -0.1) is 0 Å². The fourth-order valence-corrected chi connectivity index (χ4v) is 10.1. The topological polar surface area (TPSA) is 96.2 Å². The van der Waals surface area contributed by atoms with Crippen LogP contribution in [0.2, 0.25) is 0 Å². The van der Waals surface area contributed by atoms with Crippen molar-refractivity contribution in [1.29, 1.82) is 0 Å². The van der Waals surface area contributed by atoms with Gasteiger partial charge in [0.25, 0.3) is 0 Å². The SMILES string of the molecule is C[C@@H]1CC[C@@]2(OC1)O[C@H]1[C@H](O)[C@H]3[C@@H]4CC(=O)C5C[C@@H](O)[C@H](O)C[C@]5(C)[C@H]4CC[C@]3(C)[C@H]1[C@@H]2C. The molecule has 0 aromatic rings. The van der Waals surface area contributed by atoms with Crippen molar-refractivity contribution < 1.29 is 29.6 Å². The summed E-state index contributed by atoms with van der Waals surface area (Å²) >= 11 is 0. The lowest BCUT2D eigenvalue weighted by atomic mass is 9.43. The largest absolute Gasteiger partial charge is 0.390 e. The minimum Gasteiger partial charge on any atom is -0.390 e. The van der Waals surface area contributed by atoms with E-state index in [1.165, 1.54) is 0 Å². The van der Waals surface area contributed by atoms with Gasteiger partial charge in [0.05, 0.1) is 31.0 Å². The number of rotatable bonds is 0. The normalized spacial score (nSPS) is 62.5. The molecular weight excluding hydrogens is 420 g/mol. The van der Waals surface area contributed by atoms with Crippen LogP contribution < -0.4 is 0 Å². The molecule has 14 atom stereocenters. The summed E-state index contributed by atoms with van der Waals surface area (Å²) in [4.78, 5) is 13.4. The first-order valence-electron chi connectivity index (χ1n) is 13.4. The van der Waals surface area contributed by atoms with E-state index in [1.54, 1.807) is 0 Å². The number of fused-ring (bicyclic) bond motifs is 7. The average Bonchev–Trinajstić information content (AvgIpc) is 3.16. The van der Waals surface area contributed by atoms with E-state index in [9.17, 15) is 20.1 Å². The van der Waals surface area contributed by atoms with Crippen molar-refractivity contribution in [1.82, 2.24) is 0 Å². The molecule has 0 amide bonds. The average molecular weight is 463 g/mol. The molecule has 6 fully saturated rings. The zero-order valence-corrected chi connectivity index (χ0v) is 20.6. The van der Waals surface area contributed by atoms with Crippen molar-refractivity contribution in [2.75, 3.05) is 6.61 Å². The molecule has 2 aliphatic heterocycles. The summed E-state index contributed by atoms with van der Waals surface area (Å²) < 4.78 is 13.0. The summed E-state index contributed by atoms with van der Waals surface area (Å²) in [5, 5.41) is 32.6. The highest BCUT2D eigenvalue weighted by Gasteiger charge is 2.73. The molecule has 4 saturated carbocycles. The van der Waals surface area contributed by atoms with Gasteiger partial charge in [-0.25, -0.2) is 0 Å². The molecule has 0 bridgehead atoms. The monoisotopic (exact) mass is 462 g/mol. The van der Waals surface area contributed by atoms with Crippen LogP contribution in [-0.4, -0.2) is 57.9 Å². The van der Waals surface area contributed by atoms with E-state index < -0.39 is 24.1 Å². The van der Waals surface area contributed by atoms with Gasteiger partial charge in [-0.1, -0.05) is 27.7 Å². The van der Waals surface area contributed by atoms with Gasteiger partial charge in [-0.2, -0.15) is 0 Å². The van der Waals surface area contributed by atoms with Gasteiger partial charge in [0.1, 0.15) is 5.78 Å². The van der Waals surface area contributed by atoms with E-state index in [-0.39, 0.29) is 58.2 Å². The molecule has 6 aliphatic rings. The summed E-state index contributed by atoms with van der Waals surface area (Å²) in [6, 6.07) is 0. The number of ether oxygens (including phenoxy) is 2. The first kappa shape index (κ1) is 22.9. The molecule has 1 spiro atoms. The third kappa shape index (κ3) is 2.88. The van der Waals surface area contributed by atoms with Crippen LogP contribution in [0, 0.1) is 52.3 Å². The predicted octanol–water partition coefficient (Wildman–Crippen LogP) is 2.91. The maximum absolute atomic E-state index is 13.4. The smallest absolute Gasteiger partial charge is 0.171 e. The minimum atomic E-state index is -0.808. The molecule has 6 nitrogen and oxygen atoms in total. The van der Waals surface area contributed by atoms with Crippen LogP contribution >= 0.6 is 0 Å². The Bertz CT molecular complexity index is 821. The Hall–Kier alpha value is -0.530. The van der Waals surface area contributed by atoms with Crippen LogP contribution in [0.3, 0.4) is 0 Å². The van der Waals surface area contributed by atoms with Gasteiger partial charge in [-0.3, -0.25) is 4.79 Å². The second kappa shape index (κ2) is 7.25. The molecule has 0 radical (unpaired) electrons. The Balaban J connectivity index is 1.32. The van der Waals surface area contributed by atoms with Crippen molar-refractivity contribution in [3.05, 3.63) is 0 Å². The summed E-state index contributed by atoms with van der Waals surface area (Å²) in [5.74, 6) is 0.864. The second-order valence-electron chi connectivity index (χ2n) is 13.3. The minimum absolute atomic E-state index is 0.0271. The molecule has 2 heterocycles. The number of hydrogen-bond donors (Lipinski definition) is 3. The maximum atomic E-state index is 13.4. The van der Waals surface area contributed by atoms with Crippen LogP contribution in [0.5, 0.6) is 0 Å². The van der Waals surface area contributed by atoms with E-state index in [4.69, 9.17) is 9.47 Å². The second-order valence-corrected chi connectivity index (χ2v) is 13.3. The molecule has 6 rings (SSSR count). The Labute approximate surface area is 197 Å². The molecular formula is C27H42O6. The van der Waals surface area contributed by atoms with Gasteiger partial charge in [0.15, 0.2) is 5.79 Å². The van der Waals surface area contributed by atoms with E-state index in [1.807, 2.05) is 0 Å². The molecule has 2 saturated heterocycles. The Morgan fingerprint density at radius 2 is 1.73 bits per heavy atom. The van der Waals surface area contributed by atoms with Gasteiger partial charge in [0, 0.05) is 30.6 Å². The van der Waals surface area contributed by atoms with Crippen molar-refractivity contribution in [2.24, 2.45) is 52.3 Å². The van der Waals surface area contributed by atoms with E-state index in [2.05, 4.69) is 27.7 Å². The van der Waals surface area contributed by atoms with Gasteiger partial charge in [0.2, 0.25) is 0 Å². The molecule has 0 aromatic carbocycles.